The maximum absolute atomic E-state index is 14.2. The van der Waals surface area contributed by atoms with Crippen molar-refractivity contribution >= 4 is 22.8 Å². The van der Waals surface area contributed by atoms with Crippen LogP contribution in [0.2, 0.25) is 0 Å². The van der Waals surface area contributed by atoms with E-state index in [4.69, 9.17) is 9.15 Å². The van der Waals surface area contributed by atoms with E-state index >= 15 is 0 Å². The summed E-state index contributed by atoms with van der Waals surface area (Å²) in [6.07, 6.45) is -1.86. The number of rotatable bonds is 12. The van der Waals surface area contributed by atoms with E-state index < -0.39 is 46.5 Å². The Bertz CT molecular complexity index is 1840. The van der Waals surface area contributed by atoms with Gasteiger partial charge in [0.25, 0.3) is 5.72 Å². The molecule has 6 rings (SSSR count). The van der Waals surface area contributed by atoms with Gasteiger partial charge in [-0.25, -0.2) is 0 Å². The zero-order valence-corrected chi connectivity index (χ0v) is 29.2. The molecule has 1 fully saturated rings. The summed E-state index contributed by atoms with van der Waals surface area (Å²) in [5, 5.41) is 30.2. The molecule has 2 aromatic carbocycles. The van der Waals surface area contributed by atoms with Crippen LogP contribution in [0, 0.1) is 0 Å². The number of nitrogens with zero attached hydrogens (tertiary/aromatic N) is 3. The fourth-order valence-electron chi connectivity index (χ4n) is 7.68. The number of carbonyl (C=O) groups is 2. The third-order valence-corrected chi connectivity index (χ3v) is 10.5. The standard InChI is InChI=1S/C38H44F3N5O6/c1-36(2,32-20-27-22-42-16-15-30(27)52-32)45-17-19-46(37(50,25-45)35(49)44-24-38(39,40)41,34-28-12-6-7-13-31(28)51-23-29(34)47)18-9-8-14-33(48)43-21-26-10-4-3-5-11-26/h3-7,10-13,15-16,20,22,29,34,47,50H,8-9,14,17-19,21,23-25H2,1-2H3,(H-,43,44,48,49)/p+1/t29-,34+,37+,46+/m1/s1. The number of benzene rings is 2. The molecule has 0 spiro atoms. The van der Waals surface area contributed by atoms with Gasteiger partial charge in [0.15, 0.2) is 6.04 Å². The van der Waals surface area contributed by atoms with Gasteiger partial charge >= 0.3 is 12.1 Å². The summed E-state index contributed by atoms with van der Waals surface area (Å²) in [4.78, 5) is 33.0. The molecule has 2 aliphatic rings. The van der Waals surface area contributed by atoms with Crippen LogP contribution in [0.5, 0.6) is 5.75 Å². The quantitative estimate of drug-likeness (QED) is 0.124. The topological polar surface area (TPSA) is 137 Å². The van der Waals surface area contributed by atoms with Crippen molar-refractivity contribution in [3.05, 3.63) is 96.0 Å². The lowest BCUT2D eigenvalue weighted by Gasteiger charge is -2.60. The third-order valence-electron chi connectivity index (χ3n) is 10.5. The van der Waals surface area contributed by atoms with E-state index in [0.29, 0.717) is 42.0 Å². The number of aromatic nitrogens is 1. The van der Waals surface area contributed by atoms with E-state index in [1.807, 2.05) is 60.5 Å². The molecule has 2 aliphatic heterocycles. The second-order valence-corrected chi connectivity index (χ2v) is 14.2. The number of piperazine rings is 1. The highest BCUT2D eigenvalue weighted by Gasteiger charge is 2.66. The van der Waals surface area contributed by atoms with Gasteiger partial charge in [-0.05, 0) is 56.5 Å². The first-order valence-corrected chi connectivity index (χ1v) is 17.5. The lowest BCUT2D eigenvalue weighted by Crippen LogP contribution is -2.81. The molecule has 4 aromatic rings. The molecule has 4 heterocycles. The number of fused-ring (bicyclic) bond motifs is 2. The van der Waals surface area contributed by atoms with Crippen molar-refractivity contribution < 1.29 is 46.6 Å². The van der Waals surface area contributed by atoms with Crippen LogP contribution in [0.25, 0.3) is 11.0 Å². The van der Waals surface area contributed by atoms with Crippen LogP contribution < -0.4 is 15.4 Å². The number of alkyl halides is 3. The summed E-state index contributed by atoms with van der Waals surface area (Å²) in [5.41, 5.74) is -1.37. The molecular formula is C38H45F3N5O6+. The fraction of sp³-hybridized carbons (Fsp3) is 0.447. The van der Waals surface area contributed by atoms with Crippen molar-refractivity contribution in [1.29, 1.82) is 0 Å². The summed E-state index contributed by atoms with van der Waals surface area (Å²) in [6, 6.07) is 19.0. The number of furan rings is 1. The monoisotopic (exact) mass is 724 g/mol. The van der Waals surface area contributed by atoms with E-state index in [0.717, 1.165) is 10.9 Å². The SMILES string of the molecule is CC(C)(c1cc2cnccc2o1)N1CC[N@@+](CCCCC(=O)NCc2ccccc2)([C@H]2c3ccccc3OC[C@H]2O)[C@@](O)(C(=O)NCC(F)(F)F)C1. The summed E-state index contributed by atoms with van der Waals surface area (Å²) in [5.74, 6) is -0.424. The number of ether oxygens (including phenoxy) is 1. The number of pyridine rings is 1. The minimum atomic E-state index is -4.74. The Hall–Kier alpha value is -4.50. The number of aliphatic hydroxyl groups excluding tert-OH is 1. The zero-order chi connectivity index (χ0) is 37.1. The van der Waals surface area contributed by atoms with Crippen molar-refractivity contribution in [2.45, 2.75) is 69.2 Å². The molecule has 11 nitrogen and oxygen atoms in total. The second kappa shape index (κ2) is 14.9. The number of halogens is 3. The maximum Gasteiger partial charge on any atom is 0.405 e. The van der Waals surface area contributed by atoms with Gasteiger partial charge in [-0.15, -0.1) is 0 Å². The van der Waals surface area contributed by atoms with E-state index in [1.165, 1.54) is 0 Å². The van der Waals surface area contributed by atoms with Crippen molar-refractivity contribution in [2.24, 2.45) is 0 Å². The predicted octanol–water partition coefficient (Wildman–Crippen LogP) is 4.54. The molecule has 0 radical (unpaired) electrons. The van der Waals surface area contributed by atoms with Gasteiger partial charge < -0.3 is 30.0 Å². The van der Waals surface area contributed by atoms with Crippen LogP contribution in [0.4, 0.5) is 13.2 Å². The highest BCUT2D eigenvalue weighted by molar-refractivity contribution is 5.84. The predicted molar refractivity (Wildman–Crippen MR) is 185 cm³/mol. The Morgan fingerprint density at radius 2 is 1.81 bits per heavy atom. The summed E-state index contributed by atoms with van der Waals surface area (Å²) >= 11 is 0. The first-order chi connectivity index (χ1) is 24.7. The van der Waals surface area contributed by atoms with Crippen LogP contribution in [0.3, 0.4) is 0 Å². The van der Waals surface area contributed by atoms with Crippen molar-refractivity contribution in [2.75, 3.05) is 39.3 Å². The molecule has 2 amide bonds. The number of carbonyl (C=O) groups excluding carboxylic acids is 2. The maximum atomic E-state index is 14.2. The minimum Gasteiger partial charge on any atom is -0.490 e. The Morgan fingerprint density at radius 3 is 2.56 bits per heavy atom. The van der Waals surface area contributed by atoms with E-state index in [2.05, 4.69) is 10.3 Å². The molecule has 52 heavy (non-hydrogen) atoms. The average molecular weight is 725 g/mol. The minimum absolute atomic E-state index is 0.0669. The van der Waals surface area contributed by atoms with Gasteiger partial charge in [-0.2, -0.15) is 13.2 Å². The molecule has 278 valence electrons. The summed E-state index contributed by atoms with van der Waals surface area (Å²) < 4.78 is 52.3. The highest BCUT2D eigenvalue weighted by Crippen LogP contribution is 2.48. The van der Waals surface area contributed by atoms with Crippen LogP contribution in [0.1, 0.15) is 56.0 Å². The van der Waals surface area contributed by atoms with E-state index in [-0.39, 0.29) is 45.1 Å². The van der Waals surface area contributed by atoms with Crippen LogP contribution in [0.15, 0.2) is 83.5 Å². The zero-order valence-electron chi connectivity index (χ0n) is 29.2. The smallest absolute Gasteiger partial charge is 0.405 e. The molecule has 4 N–H and O–H groups in total. The normalized spacial score (nSPS) is 23.8. The van der Waals surface area contributed by atoms with Gasteiger partial charge in [0.2, 0.25) is 5.91 Å². The molecule has 2 aromatic heterocycles. The number of nitrogens with one attached hydrogen (secondary N) is 2. The van der Waals surface area contributed by atoms with Crippen LogP contribution in [-0.4, -0.2) is 93.7 Å². The number of para-hydroxylation sites is 1. The number of hydrogen-bond acceptors (Lipinski definition) is 8. The first-order valence-electron chi connectivity index (χ1n) is 17.5. The van der Waals surface area contributed by atoms with Gasteiger partial charge in [0.1, 0.15) is 36.3 Å². The lowest BCUT2D eigenvalue weighted by molar-refractivity contribution is -1.02. The number of hydrogen-bond donors (Lipinski definition) is 4. The number of amides is 2. The average Bonchev–Trinajstić information content (AvgIpc) is 3.58. The Kier molecular flexibility index (Phi) is 10.6. The highest BCUT2D eigenvalue weighted by atomic mass is 19.4. The Balaban J connectivity index is 1.34. The summed E-state index contributed by atoms with van der Waals surface area (Å²) in [6.45, 7) is 2.31. The molecule has 1 saturated heterocycles. The molecule has 0 bridgehead atoms. The Morgan fingerprint density at radius 1 is 1.06 bits per heavy atom. The first kappa shape index (κ1) is 37.3. The fourth-order valence-corrected chi connectivity index (χ4v) is 7.68. The molecule has 4 atom stereocenters. The van der Waals surface area contributed by atoms with Gasteiger partial charge in [0, 0.05) is 37.3 Å². The van der Waals surface area contributed by atoms with Crippen molar-refractivity contribution in [3.8, 4) is 5.75 Å². The Labute approximate surface area is 300 Å². The summed E-state index contributed by atoms with van der Waals surface area (Å²) in [7, 11) is 0. The third kappa shape index (κ3) is 7.51. The molecular weight excluding hydrogens is 679 g/mol. The molecule has 0 aliphatic carbocycles. The van der Waals surface area contributed by atoms with E-state index in [1.54, 1.807) is 42.7 Å². The molecule has 0 unspecified atom stereocenters. The number of quaternary nitrogens is 1. The van der Waals surface area contributed by atoms with Gasteiger partial charge in [0.05, 0.1) is 30.7 Å². The second-order valence-electron chi connectivity index (χ2n) is 14.2. The lowest BCUT2D eigenvalue weighted by atomic mass is 9.85. The van der Waals surface area contributed by atoms with E-state index in [9.17, 15) is 33.0 Å². The van der Waals surface area contributed by atoms with Crippen molar-refractivity contribution in [1.82, 2.24) is 20.5 Å². The largest absolute Gasteiger partial charge is 0.490 e. The number of β-amino-alcohol motifs (C(OH)–C–C–N with tert-alkyl or cyclic N) is 1. The number of aliphatic hydroxyl groups is 2. The van der Waals surface area contributed by atoms with Gasteiger partial charge in [-0.1, -0.05) is 42.5 Å². The van der Waals surface area contributed by atoms with Crippen molar-refractivity contribution in [3.63, 3.8) is 0 Å². The van der Waals surface area contributed by atoms with Crippen LogP contribution in [-0.2, 0) is 21.7 Å². The number of unbranched alkanes of at least 4 members (excludes halogenated alkanes) is 1. The van der Waals surface area contributed by atoms with Crippen LogP contribution >= 0.6 is 0 Å². The molecule has 14 heteroatoms. The van der Waals surface area contributed by atoms with Gasteiger partial charge in [-0.3, -0.25) is 24.0 Å². The molecule has 0 saturated carbocycles.